The van der Waals surface area contributed by atoms with Crippen molar-refractivity contribution in [2.75, 3.05) is 20.1 Å². The maximum absolute atomic E-state index is 3.72. The lowest BCUT2D eigenvalue weighted by Gasteiger charge is -2.34. The van der Waals surface area contributed by atoms with Gasteiger partial charge in [0.05, 0.1) is 0 Å². The number of nitrogens with zero attached hydrogens (tertiary/aromatic N) is 1. The SMILES string of the molecule is CCCC(C)(CNC1CC1)CN(C)Cc1cccs1. The van der Waals surface area contributed by atoms with Crippen LogP contribution in [0.2, 0.25) is 0 Å². The van der Waals surface area contributed by atoms with Crippen molar-refractivity contribution in [3.63, 3.8) is 0 Å². The predicted octanol–water partition coefficient (Wildman–Crippen LogP) is 3.74. The average molecular weight is 280 g/mol. The summed E-state index contributed by atoms with van der Waals surface area (Å²) in [6, 6.07) is 5.20. The third-order valence-corrected chi connectivity index (χ3v) is 4.77. The van der Waals surface area contributed by atoms with Crippen molar-refractivity contribution in [2.24, 2.45) is 5.41 Å². The van der Waals surface area contributed by atoms with Crippen LogP contribution in [0.15, 0.2) is 17.5 Å². The fourth-order valence-corrected chi connectivity index (χ4v) is 3.67. The Morgan fingerprint density at radius 1 is 1.47 bits per heavy atom. The van der Waals surface area contributed by atoms with E-state index in [4.69, 9.17) is 0 Å². The molecule has 0 spiro atoms. The molecule has 19 heavy (non-hydrogen) atoms. The number of hydrogen-bond donors (Lipinski definition) is 1. The van der Waals surface area contributed by atoms with Gasteiger partial charge in [0.15, 0.2) is 0 Å². The Labute approximate surface area is 122 Å². The van der Waals surface area contributed by atoms with Crippen molar-refractivity contribution in [1.82, 2.24) is 10.2 Å². The summed E-state index contributed by atoms with van der Waals surface area (Å²) in [6.45, 7) is 8.17. The zero-order valence-corrected chi connectivity index (χ0v) is 13.4. The summed E-state index contributed by atoms with van der Waals surface area (Å²) in [6.07, 6.45) is 5.34. The van der Waals surface area contributed by atoms with Gasteiger partial charge in [-0.3, -0.25) is 0 Å². The topological polar surface area (TPSA) is 15.3 Å². The molecule has 0 radical (unpaired) electrons. The van der Waals surface area contributed by atoms with E-state index in [1.54, 1.807) is 0 Å². The maximum atomic E-state index is 3.72. The van der Waals surface area contributed by atoms with Gasteiger partial charge in [-0.1, -0.05) is 26.3 Å². The highest BCUT2D eigenvalue weighted by molar-refractivity contribution is 7.09. The van der Waals surface area contributed by atoms with Gasteiger partial charge >= 0.3 is 0 Å². The molecule has 1 aromatic heterocycles. The van der Waals surface area contributed by atoms with Crippen molar-refractivity contribution in [3.8, 4) is 0 Å². The lowest BCUT2D eigenvalue weighted by atomic mass is 9.84. The van der Waals surface area contributed by atoms with Crippen LogP contribution in [0.1, 0.15) is 44.4 Å². The van der Waals surface area contributed by atoms with E-state index >= 15 is 0 Å². The molecule has 3 heteroatoms. The van der Waals surface area contributed by atoms with E-state index in [0.717, 1.165) is 12.6 Å². The molecular formula is C16H28N2S. The summed E-state index contributed by atoms with van der Waals surface area (Å²) in [5, 5.41) is 5.89. The van der Waals surface area contributed by atoms with Crippen molar-refractivity contribution >= 4 is 11.3 Å². The molecule has 1 saturated carbocycles. The molecule has 0 bridgehead atoms. The predicted molar refractivity (Wildman–Crippen MR) is 84.7 cm³/mol. The second kappa shape index (κ2) is 6.87. The van der Waals surface area contributed by atoms with Gasteiger partial charge in [-0.15, -0.1) is 11.3 Å². The van der Waals surface area contributed by atoms with Gasteiger partial charge in [0, 0.05) is 30.6 Å². The molecule has 2 nitrogen and oxygen atoms in total. The van der Waals surface area contributed by atoms with Crippen molar-refractivity contribution < 1.29 is 0 Å². The average Bonchev–Trinajstić information content (AvgIpc) is 3.05. The Bertz CT molecular complexity index is 359. The highest BCUT2D eigenvalue weighted by Gasteiger charge is 2.29. The minimum absolute atomic E-state index is 0.406. The minimum atomic E-state index is 0.406. The van der Waals surface area contributed by atoms with Gasteiger partial charge in [-0.25, -0.2) is 0 Å². The Hall–Kier alpha value is -0.380. The van der Waals surface area contributed by atoms with E-state index in [9.17, 15) is 0 Å². The Balaban J connectivity index is 1.82. The zero-order chi connectivity index (χ0) is 13.7. The highest BCUT2D eigenvalue weighted by Crippen LogP contribution is 2.27. The fourth-order valence-electron chi connectivity index (χ4n) is 2.88. The van der Waals surface area contributed by atoms with Crippen LogP contribution in [0.4, 0.5) is 0 Å². The van der Waals surface area contributed by atoms with E-state index in [-0.39, 0.29) is 0 Å². The standard InChI is InChI=1S/C16H28N2S/c1-4-9-16(2,12-17-14-7-8-14)13-18(3)11-15-6-5-10-19-15/h5-6,10,14,17H,4,7-9,11-13H2,1-3H3. The Kier molecular flexibility index (Phi) is 5.43. The van der Waals surface area contributed by atoms with Crippen molar-refractivity contribution in [2.45, 2.75) is 52.1 Å². The molecule has 108 valence electrons. The highest BCUT2D eigenvalue weighted by atomic mass is 32.1. The molecule has 1 aromatic rings. The summed E-state index contributed by atoms with van der Waals surface area (Å²) in [5.74, 6) is 0. The molecule has 1 N–H and O–H groups in total. The van der Waals surface area contributed by atoms with E-state index in [2.05, 4.69) is 48.6 Å². The largest absolute Gasteiger partial charge is 0.313 e. The van der Waals surface area contributed by atoms with Crippen LogP contribution in [0.25, 0.3) is 0 Å². The van der Waals surface area contributed by atoms with E-state index < -0.39 is 0 Å². The van der Waals surface area contributed by atoms with E-state index in [1.165, 1.54) is 43.6 Å². The van der Waals surface area contributed by atoms with E-state index in [1.807, 2.05) is 11.3 Å². The van der Waals surface area contributed by atoms with E-state index in [0.29, 0.717) is 5.41 Å². The smallest absolute Gasteiger partial charge is 0.0325 e. The molecule has 0 amide bonds. The summed E-state index contributed by atoms with van der Waals surface area (Å²) in [7, 11) is 2.25. The van der Waals surface area contributed by atoms with Crippen LogP contribution >= 0.6 is 11.3 Å². The maximum Gasteiger partial charge on any atom is 0.0325 e. The summed E-state index contributed by atoms with van der Waals surface area (Å²) < 4.78 is 0. The van der Waals surface area contributed by atoms with Crippen molar-refractivity contribution in [1.29, 1.82) is 0 Å². The second-order valence-electron chi connectivity index (χ2n) is 6.47. The molecule has 1 fully saturated rings. The Morgan fingerprint density at radius 2 is 2.26 bits per heavy atom. The monoisotopic (exact) mass is 280 g/mol. The van der Waals surface area contributed by atoms with Crippen LogP contribution in [-0.2, 0) is 6.54 Å². The van der Waals surface area contributed by atoms with Crippen LogP contribution in [0.3, 0.4) is 0 Å². The number of hydrogen-bond acceptors (Lipinski definition) is 3. The molecule has 1 heterocycles. The third kappa shape index (κ3) is 5.25. The van der Waals surface area contributed by atoms with Crippen LogP contribution < -0.4 is 5.32 Å². The number of thiophene rings is 1. The van der Waals surface area contributed by atoms with Gasteiger partial charge in [0.2, 0.25) is 0 Å². The fraction of sp³-hybridized carbons (Fsp3) is 0.750. The third-order valence-electron chi connectivity index (χ3n) is 3.91. The summed E-state index contributed by atoms with van der Waals surface area (Å²) >= 11 is 1.86. The number of rotatable bonds is 9. The van der Waals surface area contributed by atoms with Gasteiger partial charge in [0.25, 0.3) is 0 Å². The van der Waals surface area contributed by atoms with Gasteiger partial charge in [-0.2, -0.15) is 0 Å². The van der Waals surface area contributed by atoms with Gasteiger partial charge in [-0.05, 0) is 43.2 Å². The summed E-state index contributed by atoms with van der Waals surface area (Å²) in [4.78, 5) is 3.95. The minimum Gasteiger partial charge on any atom is -0.313 e. The van der Waals surface area contributed by atoms with Crippen molar-refractivity contribution in [3.05, 3.63) is 22.4 Å². The quantitative estimate of drug-likeness (QED) is 0.741. The zero-order valence-electron chi connectivity index (χ0n) is 12.6. The first-order chi connectivity index (χ1) is 9.11. The Morgan fingerprint density at radius 3 is 2.84 bits per heavy atom. The molecule has 1 aliphatic carbocycles. The second-order valence-corrected chi connectivity index (χ2v) is 7.50. The lowest BCUT2D eigenvalue weighted by molar-refractivity contribution is 0.168. The molecule has 1 atom stereocenters. The lowest BCUT2D eigenvalue weighted by Crippen LogP contribution is -2.41. The van der Waals surface area contributed by atoms with Crippen LogP contribution in [0.5, 0.6) is 0 Å². The molecule has 1 unspecified atom stereocenters. The first-order valence-electron chi connectivity index (χ1n) is 7.55. The van der Waals surface area contributed by atoms with Crippen LogP contribution in [0, 0.1) is 5.41 Å². The molecule has 0 aliphatic heterocycles. The first kappa shape index (κ1) is 15.0. The molecule has 1 aliphatic rings. The molecule has 0 saturated heterocycles. The van der Waals surface area contributed by atoms with Crippen LogP contribution in [-0.4, -0.2) is 31.1 Å². The molecule has 0 aromatic carbocycles. The van der Waals surface area contributed by atoms with Gasteiger partial charge in [0.1, 0.15) is 0 Å². The van der Waals surface area contributed by atoms with Gasteiger partial charge < -0.3 is 10.2 Å². The molecule has 2 rings (SSSR count). The normalized spacial score (nSPS) is 18.7. The molecular weight excluding hydrogens is 252 g/mol. The number of nitrogens with one attached hydrogen (secondary N) is 1. The summed E-state index contributed by atoms with van der Waals surface area (Å²) in [5.41, 5.74) is 0.406. The first-order valence-corrected chi connectivity index (χ1v) is 8.43.